The maximum absolute atomic E-state index is 13.3. The Kier molecular flexibility index (Phi) is 6.82. The average Bonchev–Trinajstić information content (AvgIpc) is 2.67. The Morgan fingerprint density at radius 3 is 2.59 bits per heavy atom. The van der Waals surface area contributed by atoms with Gasteiger partial charge in [0.25, 0.3) is 6.43 Å². The highest BCUT2D eigenvalue weighted by molar-refractivity contribution is 5.73. The summed E-state index contributed by atoms with van der Waals surface area (Å²) >= 11 is 0. The van der Waals surface area contributed by atoms with Gasteiger partial charge < -0.3 is 15.4 Å². The van der Waals surface area contributed by atoms with Crippen molar-refractivity contribution in [2.24, 2.45) is 5.73 Å². The predicted molar refractivity (Wildman–Crippen MR) is 101 cm³/mol. The first-order valence-corrected chi connectivity index (χ1v) is 9.98. The van der Waals surface area contributed by atoms with Gasteiger partial charge in [-0.05, 0) is 50.0 Å². The van der Waals surface area contributed by atoms with Crippen molar-refractivity contribution in [3.63, 3.8) is 0 Å². The van der Waals surface area contributed by atoms with Crippen molar-refractivity contribution in [1.29, 1.82) is 0 Å². The van der Waals surface area contributed by atoms with Crippen LogP contribution < -0.4 is 5.73 Å². The van der Waals surface area contributed by atoms with Crippen molar-refractivity contribution in [3.05, 3.63) is 35.4 Å². The van der Waals surface area contributed by atoms with E-state index in [2.05, 4.69) is 0 Å². The van der Waals surface area contributed by atoms with Gasteiger partial charge in [-0.2, -0.15) is 0 Å². The standard InChI is InChI=1S/C21H30F2N2O2/c1-14(26)25-12-4-7-19(24)20(25)13-27-16-10-8-15(9-11-16)17-5-2-3-6-18(17)21(22)23/h2-3,5-6,15-16,19-21H,4,7-13,24H2,1H3/t15?,16?,19?,20-/m0/s1. The molecule has 0 bridgehead atoms. The average molecular weight is 380 g/mol. The zero-order valence-corrected chi connectivity index (χ0v) is 15.9. The summed E-state index contributed by atoms with van der Waals surface area (Å²) in [6.45, 7) is 2.79. The Morgan fingerprint density at radius 1 is 1.22 bits per heavy atom. The van der Waals surface area contributed by atoms with E-state index in [1.165, 1.54) is 6.07 Å². The smallest absolute Gasteiger partial charge is 0.264 e. The number of benzene rings is 1. The van der Waals surface area contributed by atoms with Gasteiger partial charge in [0, 0.05) is 25.1 Å². The normalized spacial score (nSPS) is 29.1. The molecule has 1 aromatic carbocycles. The summed E-state index contributed by atoms with van der Waals surface area (Å²) in [5.41, 5.74) is 7.16. The largest absolute Gasteiger partial charge is 0.376 e. The van der Waals surface area contributed by atoms with Crippen molar-refractivity contribution in [2.45, 2.75) is 76.0 Å². The van der Waals surface area contributed by atoms with Crippen LogP contribution in [0, 0.1) is 0 Å². The second-order valence-electron chi connectivity index (χ2n) is 7.82. The van der Waals surface area contributed by atoms with Gasteiger partial charge >= 0.3 is 0 Å². The molecule has 0 spiro atoms. The lowest BCUT2D eigenvalue weighted by atomic mass is 9.81. The molecule has 2 atom stereocenters. The molecular weight excluding hydrogens is 350 g/mol. The third-order valence-electron chi connectivity index (χ3n) is 6.08. The number of nitrogens with zero attached hydrogens (tertiary/aromatic N) is 1. The van der Waals surface area contributed by atoms with Gasteiger partial charge in [-0.25, -0.2) is 8.78 Å². The first kappa shape index (κ1) is 20.2. The number of hydrogen-bond acceptors (Lipinski definition) is 3. The Hall–Kier alpha value is -1.53. The third-order valence-corrected chi connectivity index (χ3v) is 6.08. The van der Waals surface area contributed by atoms with E-state index in [1.54, 1.807) is 13.0 Å². The molecule has 0 radical (unpaired) electrons. The van der Waals surface area contributed by atoms with Crippen LogP contribution in [0.2, 0.25) is 0 Å². The highest BCUT2D eigenvalue weighted by Gasteiger charge is 2.32. The molecule has 1 unspecified atom stereocenters. The number of alkyl halides is 2. The van der Waals surface area contributed by atoms with Crippen LogP contribution >= 0.6 is 0 Å². The maximum Gasteiger partial charge on any atom is 0.264 e. The number of halogens is 2. The summed E-state index contributed by atoms with van der Waals surface area (Å²) < 4.78 is 32.6. The van der Waals surface area contributed by atoms with Gasteiger partial charge in [0.15, 0.2) is 0 Å². The first-order valence-electron chi connectivity index (χ1n) is 9.98. The van der Waals surface area contributed by atoms with E-state index in [9.17, 15) is 13.6 Å². The fourth-order valence-electron chi connectivity index (χ4n) is 4.55. The van der Waals surface area contributed by atoms with Crippen molar-refractivity contribution in [3.8, 4) is 0 Å². The summed E-state index contributed by atoms with van der Waals surface area (Å²) in [6.07, 6.45) is 2.93. The molecule has 150 valence electrons. The summed E-state index contributed by atoms with van der Waals surface area (Å²) in [4.78, 5) is 13.7. The fourth-order valence-corrected chi connectivity index (χ4v) is 4.55. The topological polar surface area (TPSA) is 55.6 Å². The first-order chi connectivity index (χ1) is 13.0. The molecule has 1 saturated heterocycles. The minimum Gasteiger partial charge on any atom is -0.376 e. The van der Waals surface area contributed by atoms with Crippen LogP contribution in [-0.4, -0.2) is 42.1 Å². The van der Waals surface area contributed by atoms with Crippen LogP contribution in [0.25, 0.3) is 0 Å². The molecule has 6 heteroatoms. The number of carbonyl (C=O) groups is 1. The lowest BCUT2D eigenvalue weighted by Gasteiger charge is -2.40. The van der Waals surface area contributed by atoms with Crippen LogP contribution in [0.15, 0.2) is 24.3 Å². The molecule has 27 heavy (non-hydrogen) atoms. The summed E-state index contributed by atoms with van der Waals surface area (Å²) in [5, 5.41) is 0. The molecule has 3 rings (SSSR count). The fraction of sp³-hybridized carbons (Fsp3) is 0.667. The van der Waals surface area contributed by atoms with Gasteiger partial charge in [-0.1, -0.05) is 24.3 Å². The molecule has 1 aliphatic carbocycles. The second kappa shape index (κ2) is 9.11. The van der Waals surface area contributed by atoms with Crippen LogP contribution in [0.5, 0.6) is 0 Å². The lowest BCUT2D eigenvalue weighted by Crippen LogP contribution is -2.56. The molecule has 0 aromatic heterocycles. The Balaban J connectivity index is 1.53. The Bertz CT molecular complexity index is 632. The second-order valence-corrected chi connectivity index (χ2v) is 7.82. The Labute approximate surface area is 160 Å². The number of hydrogen-bond donors (Lipinski definition) is 1. The SMILES string of the molecule is CC(=O)N1CCCC(N)[C@@H]1COC1CCC(c2ccccc2C(F)F)CC1. The van der Waals surface area contributed by atoms with E-state index in [-0.39, 0.29) is 35.6 Å². The van der Waals surface area contributed by atoms with E-state index in [0.29, 0.717) is 6.61 Å². The number of likely N-dealkylation sites (tertiary alicyclic amines) is 1. The Morgan fingerprint density at radius 2 is 1.93 bits per heavy atom. The summed E-state index contributed by atoms with van der Waals surface area (Å²) in [5.74, 6) is 0.215. The van der Waals surface area contributed by atoms with E-state index >= 15 is 0 Å². The van der Waals surface area contributed by atoms with E-state index < -0.39 is 6.43 Å². The zero-order chi connectivity index (χ0) is 19.4. The zero-order valence-electron chi connectivity index (χ0n) is 15.9. The number of amides is 1. The number of nitrogens with two attached hydrogens (primary N) is 1. The van der Waals surface area contributed by atoms with Crippen LogP contribution in [0.1, 0.15) is 68.9 Å². The van der Waals surface area contributed by atoms with Crippen LogP contribution in [-0.2, 0) is 9.53 Å². The van der Waals surface area contributed by atoms with Crippen molar-refractivity contribution in [2.75, 3.05) is 13.2 Å². The van der Waals surface area contributed by atoms with Gasteiger partial charge in [0.2, 0.25) is 5.91 Å². The van der Waals surface area contributed by atoms with Gasteiger partial charge in [0.1, 0.15) is 0 Å². The summed E-state index contributed by atoms with van der Waals surface area (Å²) in [6, 6.07) is 6.77. The van der Waals surface area contributed by atoms with Gasteiger partial charge in [-0.15, -0.1) is 0 Å². The van der Waals surface area contributed by atoms with E-state index in [1.807, 2.05) is 17.0 Å². The molecule has 2 N–H and O–H groups in total. The minimum atomic E-state index is -2.43. The van der Waals surface area contributed by atoms with Crippen molar-refractivity contribution in [1.82, 2.24) is 4.90 Å². The molecule has 1 saturated carbocycles. The molecule has 4 nitrogen and oxygen atoms in total. The van der Waals surface area contributed by atoms with Gasteiger partial charge in [-0.3, -0.25) is 4.79 Å². The van der Waals surface area contributed by atoms with Crippen molar-refractivity contribution < 1.29 is 18.3 Å². The molecule has 1 amide bonds. The quantitative estimate of drug-likeness (QED) is 0.840. The molecule has 1 heterocycles. The van der Waals surface area contributed by atoms with E-state index in [0.717, 1.165) is 50.6 Å². The monoisotopic (exact) mass is 380 g/mol. The lowest BCUT2D eigenvalue weighted by molar-refractivity contribution is -0.135. The number of piperidine rings is 1. The highest BCUT2D eigenvalue weighted by atomic mass is 19.3. The van der Waals surface area contributed by atoms with E-state index in [4.69, 9.17) is 10.5 Å². The summed E-state index contributed by atoms with van der Waals surface area (Å²) in [7, 11) is 0. The minimum absolute atomic E-state index is 0.0445. The highest BCUT2D eigenvalue weighted by Crippen LogP contribution is 2.38. The molecular formula is C21H30F2N2O2. The molecule has 1 aliphatic heterocycles. The maximum atomic E-state index is 13.3. The number of ether oxygens (including phenoxy) is 1. The number of rotatable bonds is 5. The molecule has 2 fully saturated rings. The van der Waals surface area contributed by atoms with Gasteiger partial charge in [0.05, 0.1) is 18.8 Å². The third kappa shape index (κ3) is 4.85. The molecule has 1 aromatic rings. The molecule has 2 aliphatic rings. The number of carbonyl (C=O) groups excluding carboxylic acids is 1. The van der Waals surface area contributed by atoms with Crippen LogP contribution in [0.4, 0.5) is 8.78 Å². The van der Waals surface area contributed by atoms with Crippen molar-refractivity contribution >= 4 is 5.91 Å². The van der Waals surface area contributed by atoms with Crippen LogP contribution in [0.3, 0.4) is 0 Å². The predicted octanol–water partition coefficient (Wildman–Crippen LogP) is 4.01.